The molecule has 0 fully saturated rings. The van der Waals surface area contributed by atoms with Crippen molar-refractivity contribution in [2.45, 2.75) is 19.8 Å². The summed E-state index contributed by atoms with van der Waals surface area (Å²) >= 11 is 0. The van der Waals surface area contributed by atoms with E-state index in [1.54, 1.807) is 11.5 Å². The molecule has 16 heavy (non-hydrogen) atoms. The first kappa shape index (κ1) is 12.2. The fourth-order valence-corrected chi connectivity index (χ4v) is 1.23. The van der Waals surface area contributed by atoms with Crippen molar-refractivity contribution in [3.05, 3.63) is 29.8 Å². The van der Waals surface area contributed by atoms with Crippen molar-refractivity contribution in [1.29, 1.82) is 0 Å². The molecule has 0 atom stereocenters. The molecule has 0 radical (unpaired) electrons. The first-order valence-electron chi connectivity index (χ1n) is 4.96. The summed E-state index contributed by atoms with van der Waals surface area (Å²) in [5.74, 6) is 3.57. The summed E-state index contributed by atoms with van der Waals surface area (Å²) in [6, 6.07) is 7.33. The van der Waals surface area contributed by atoms with Crippen LogP contribution in [-0.2, 0) is 9.59 Å². The Bertz CT molecular complexity index is 402. The van der Waals surface area contributed by atoms with Crippen LogP contribution in [0.15, 0.2) is 24.3 Å². The summed E-state index contributed by atoms with van der Waals surface area (Å²) in [6.45, 7) is 4.10. The minimum Gasteiger partial charge on any atom is -0.318 e. The van der Waals surface area contributed by atoms with Crippen LogP contribution in [-0.4, -0.2) is 11.8 Å². The van der Waals surface area contributed by atoms with Crippen LogP contribution in [0.3, 0.4) is 0 Å². The molecule has 2 amide bonds. The van der Waals surface area contributed by atoms with Crippen LogP contribution in [0.4, 0.5) is 5.69 Å². The van der Waals surface area contributed by atoms with Gasteiger partial charge < -0.3 is 5.32 Å². The molecule has 5 nitrogen and oxygen atoms in total. The van der Waals surface area contributed by atoms with E-state index in [0.717, 1.165) is 5.56 Å². The minimum atomic E-state index is -0.866. The van der Waals surface area contributed by atoms with Gasteiger partial charge in [0.25, 0.3) is 0 Å². The number of hydrogen-bond acceptors (Lipinski definition) is 3. The molecule has 0 aliphatic carbocycles. The smallest absolute Gasteiger partial charge is 0.318 e. The van der Waals surface area contributed by atoms with Gasteiger partial charge in [0, 0.05) is 5.69 Å². The van der Waals surface area contributed by atoms with Gasteiger partial charge in [0.05, 0.1) is 0 Å². The highest BCUT2D eigenvalue weighted by atomic mass is 16.2. The average Bonchev–Trinajstić information content (AvgIpc) is 2.28. The van der Waals surface area contributed by atoms with Crippen molar-refractivity contribution >= 4 is 17.5 Å². The van der Waals surface area contributed by atoms with Crippen LogP contribution in [0.2, 0.25) is 0 Å². The summed E-state index contributed by atoms with van der Waals surface area (Å²) in [4.78, 5) is 22.1. The van der Waals surface area contributed by atoms with Gasteiger partial charge in [0.15, 0.2) is 0 Å². The summed E-state index contributed by atoms with van der Waals surface area (Å²) in [6.07, 6.45) is 0. The summed E-state index contributed by atoms with van der Waals surface area (Å²) < 4.78 is 0. The van der Waals surface area contributed by atoms with Crippen LogP contribution in [0, 0.1) is 0 Å². The molecule has 0 aliphatic rings. The number of benzene rings is 1. The van der Waals surface area contributed by atoms with Gasteiger partial charge in [0.2, 0.25) is 0 Å². The SMILES string of the molecule is CC(C)c1cccc(NC(=O)C(=O)NN)c1. The highest BCUT2D eigenvalue weighted by Gasteiger charge is 2.11. The Morgan fingerprint density at radius 1 is 1.25 bits per heavy atom. The highest BCUT2D eigenvalue weighted by Crippen LogP contribution is 2.18. The zero-order chi connectivity index (χ0) is 12.1. The monoisotopic (exact) mass is 221 g/mol. The predicted molar refractivity (Wildman–Crippen MR) is 61.5 cm³/mol. The lowest BCUT2D eigenvalue weighted by atomic mass is 10.0. The number of anilines is 1. The van der Waals surface area contributed by atoms with Gasteiger partial charge in [0.1, 0.15) is 0 Å². The van der Waals surface area contributed by atoms with Gasteiger partial charge in [-0.2, -0.15) is 0 Å². The molecule has 86 valence electrons. The number of nitrogens with one attached hydrogen (secondary N) is 2. The minimum absolute atomic E-state index is 0.361. The van der Waals surface area contributed by atoms with E-state index in [4.69, 9.17) is 5.84 Å². The maximum Gasteiger partial charge on any atom is 0.323 e. The van der Waals surface area contributed by atoms with Crippen LogP contribution in [0.5, 0.6) is 0 Å². The van der Waals surface area contributed by atoms with Gasteiger partial charge in [-0.05, 0) is 23.6 Å². The number of hydrogen-bond donors (Lipinski definition) is 3. The molecule has 0 heterocycles. The third kappa shape index (κ3) is 3.06. The molecule has 4 N–H and O–H groups in total. The van der Waals surface area contributed by atoms with E-state index in [0.29, 0.717) is 11.6 Å². The fourth-order valence-electron chi connectivity index (χ4n) is 1.23. The first-order valence-corrected chi connectivity index (χ1v) is 4.96. The van der Waals surface area contributed by atoms with Crippen molar-refractivity contribution in [1.82, 2.24) is 5.43 Å². The van der Waals surface area contributed by atoms with E-state index in [-0.39, 0.29) is 0 Å². The van der Waals surface area contributed by atoms with E-state index in [9.17, 15) is 9.59 Å². The second-order valence-electron chi connectivity index (χ2n) is 3.71. The van der Waals surface area contributed by atoms with Gasteiger partial charge in [-0.3, -0.25) is 15.0 Å². The Balaban J connectivity index is 2.78. The van der Waals surface area contributed by atoms with Crippen LogP contribution < -0.4 is 16.6 Å². The number of hydrazine groups is 1. The largest absolute Gasteiger partial charge is 0.323 e. The standard InChI is InChI=1S/C11H15N3O2/c1-7(2)8-4-3-5-9(6-8)13-10(15)11(16)14-12/h3-7H,12H2,1-2H3,(H,13,15)(H,14,16). The van der Waals surface area contributed by atoms with Crippen LogP contribution >= 0.6 is 0 Å². The van der Waals surface area contributed by atoms with E-state index in [1.165, 1.54) is 0 Å². The highest BCUT2D eigenvalue weighted by molar-refractivity contribution is 6.39. The molecule has 0 saturated heterocycles. The van der Waals surface area contributed by atoms with Crippen molar-refractivity contribution in [3.8, 4) is 0 Å². The van der Waals surface area contributed by atoms with Gasteiger partial charge in [-0.25, -0.2) is 5.84 Å². The van der Waals surface area contributed by atoms with E-state index in [2.05, 4.69) is 5.32 Å². The van der Waals surface area contributed by atoms with Crippen molar-refractivity contribution in [2.24, 2.45) is 5.84 Å². The normalized spacial score (nSPS) is 10.0. The summed E-state index contributed by atoms with van der Waals surface area (Å²) in [5.41, 5.74) is 3.44. The molecular weight excluding hydrogens is 206 g/mol. The molecule has 0 bridgehead atoms. The average molecular weight is 221 g/mol. The fraction of sp³-hybridized carbons (Fsp3) is 0.273. The Morgan fingerprint density at radius 3 is 2.50 bits per heavy atom. The Labute approximate surface area is 94.0 Å². The number of amides is 2. The van der Waals surface area contributed by atoms with E-state index >= 15 is 0 Å². The number of rotatable bonds is 2. The Morgan fingerprint density at radius 2 is 1.94 bits per heavy atom. The van der Waals surface area contributed by atoms with Crippen LogP contribution in [0.25, 0.3) is 0 Å². The molecule has 0 spiro atoms. The maximum atomic E-state index is 11.2. The molecule has 0 saturated carbocycles. The third-order valence-electron chi connectivity index (χ3n) is 2.15. The summed E-state index contributed by atoms with van der Waals surface area (Å²) in [5, 5.41) is 2.46. The molecule has 0 aliphatic heterocycles. The lowest BCUT2D eigenvalue weighted by molar-refractivity contribution is -0.136. The summed E-state index contributed by atoms with van der Waals surface area (Å²) in [7, 11) is 0. The Kier molecular flexibility index (Phi) is 4.02. The third-order valence-corrected chi connectivity index (χ3v) is 2.15. The molecule has 0 unspecified atom stereocenters. The number of carbonyl (C=O) groups is 2. The van der Waals surface area contributed by atoms with Gasteiger partial charge in [-0.1, -0.05) is 26.0 Å². The molecule has 1 aromatic carbocycles. The predicted octanol–water partition coefficient (Wildman–Crippen LogP) is 0.738. The zero-order valence-corrected chi connectivity index (χ0v) is 9.28. The zero-order valence-electron chi connectivity index (χ0n) is 9.28. The van der Waals surface area contributed by atoms with E-state index in [1.807, 2.05) is 32.0 Å². The molecule has 0 aromatic heterocycles. The van der Waals surface area contributed by atoms with E-state index < -0.39 is 11.8 Å². The van der Waals surface area contributed by atoms with Gasteiger partial charge >= 0.3 is 11.8 Å². The molecule has 1 aromatic rings. The second kappa shape index (κ2) is 5.27. The molecule has 1 rings (SSSR count). The van der Waals surface area contributed by atoms with Crippen molar-refractivity contribution < 1.29 is 9.59 Å². The number of nitrogens with two attached hydrogens (primary N) is 1. The quantitative estimate of drug-likeness (QED) is 0.298. The van der Waals surface area contributed by atoms with Crippen LogP contribution in [0.1, 0.15) is 25.3 Å². The van der Waals surface area contributed by atoms with Crippen molar-refractivity contribution in [3.63, 3.8) is 0 Å². The Hall–Kier alpha value is -1.88. The lowest BCUT2D eigenvalue weighted by Crippen LogP contribution is -2.39. The molecular formula is C11H15N3O2. The van der Waals surface area contributed by atoms with Crippen molar-refractivity contribution in [2.75, 3.05) is 5.32 Å². The maximum absolute atomic E-state index is 11.2. The molecule has 5 heteroatoms. The topological polar surface area (TPSA) is 84.2 Å². The second-order valence-corrected chi connectivity index (χ2v) is 3.71. The first-order chi connectivity index (χ1) is 7.54. The van der Waals surface area contributed by atoms with Gasteiger partial charge in [-0.15, -0.1) is 0 Å². The lowest BCUT2D eigenvalue weighted by Gasteiger charge is -2.08. The number of carbonyl (C=O) groups excluding carboxylic acids is 2.